The fourth-order valence-electron chi connectivity index (χ4n) is 2.26. The third kappa shape index (κ3) is 4.11. The number of nitrogens with one attached hydrogen (secondary N) is 1. The van der Waals surface area contributed by atoms with Crippen molar-refractivity contribution in [2.24, 2.45) is 5.10 Å². The number of benzene rings is 3. The van der Waals surface area contributed by atoms with Crippen LogP contribution in [0.5, 0.6) is 11.5 Å². The van der Waals surface area contributed by atoms with E-state index in [1.807, 2.05) is 24.3 Å². The van der Waals surface area contributed by atoms with Gasteiger partial charge in [0.05, 0.1) is 6.21 Å². The molecular formula is C19H15FN2O3. The van der Waals surface area contributed by atoms with Gasteiger partial charge in [-0.2, -0.15) is 5.10 Å². The molecule has 0 aliphatic carbocycles. The molecule has 0 spiro atoms. The standard InChI is InChI=1S/C19H15FN2O3/c20-15-7-9-16(10-8-15)25-12-18(23)22-21-11-14-6-5-13-3-1-2-4-17(13)19(14)24/h1-11,24H,12H2,(H,22,23)/b21-11-. The number of rotatable bonds is 5. The summed E-state index contributed by atoms with van der Waals surface area (Å²) < 4.78 is 18.0. The quantitative estimate of drug-likeness (QED) is 0.554. The molecule has 0 radical (unpaired) electrons. The Labute approximate surface area is 143 Å². The van der Waals surface area contributed by atoms with Crippen molar-refractivity contribution in [2.45, 2.75) is 0 Å². The predicted octanol–water partition coefficient (Wildman–Crippen LogP) is 3.21. The summed E-state index contributed by atoms with van der Waals surface area (Å²) >= 11 is 0. The molecule has 0 saturated heterocycles. The van der Waals surface area contributed by atoms with E-state index in [0.29, 0.717) is 16.7 Å². The molecule has 6 heteroatoms. The van der Waals surface area contributed by atoms with E-state index in [-0.39, 0.29) is 18.2 Å². The Balaban J connectivity index is 1.58. The number of halogens is 1. The van der Waals surface area contributed by atoms with Crippen molar-refractivity contribution < 1.29 is 19.0 Å². The fraction of sp³-hybridized carbons (Fsp3) is 0.0526. The van der Waals surface area contributed by atoms with Crippen LogP contribution >= 0.6 is 0 Å². The number of carbonyl (C=O) groups is 1. The molecule has 0 fully saturated rings. The first kappa shape index (κ1) is 16.4. The lowest BCUT2D eigenvalue weighted by molar-refractivity contribution is -0.123. The van der Waals surface area contributed by atoms with Gasteiger partial charge in [0.15, 0.2) is 6.61 Å². The van der Waals surface area contributed by atoms with Gasteiger partial charge in [-0.1, -0.05) is 30.3 Å². The molecule has 0 heterocycles. The topological polar surface area (TPSA) is 70.9 Å². The minimum absolute atomic E-state index is 0.0960. The normalized spacial score (nSPS) is 10.9. The number of phenols is 1. The molecule has 3 rings (SSSR count). The monoisotopic (exact) mass is 338 g/mol. The van der Waals surface area contributed by atoms with Crippen molar-refractivity contribution in [2.75, 3.05) is 6.61 Å². The Morgan fingerprint density at radius 2 is 1.88 bits per heavy atom. The van der Waals surface area contributed by atoms with Gasteiger partial charge in [-0.25, -0.2) is 9.82 Å². The number of phenolic OH excluding ortho intramolecular Hbond substituents is 1. The molecule has 1 amide bonds. The molecule has 126 valence electrons. The molecule has 0 unspecified atom stereocenters. The average molecular weight is 338 g/mol. The summed E-state index contributed by atoms with van der Waals surface area (Å²) in [5, 5.41) is 15.7. The van der Waals surface area contributed by atoms with E-state index in [1.54, 1.807) is 12.1 Å². The van der Waals surface area contributed by atoms with Gasteiger partial charge in [0, 0.05) is 10.9 Å². The Morgan fingerprint density at radius 3 is 2.68 bits per heavy atom. The summed E-state index contributed by atoms with van der Waals surface area (Å²) in [6.45, 7) is -0.257. The van der Waals surface area contributed by atoms with Gasteiger partial charge in [0.2, 0.25) is 0 Å². The second-order valence-electron chi connectivity index (χ2n) is 5.26. The number of aromatic hydroxyl groups is 1. The summed E-state index contributed by atoms with van der Waals surface area (Å²) in [7, 11) is 0. The lowest BCUT2D eigenvalue weighted by atomic mass is 10.1. The summed E-state index contributed by atoms with van der Waals surface area (Å²) in [6, 6.07) is 16.3. The lowest BCUT2D eigenvalue weighted by Crippen LogP contribution is -2.24. The Kier molecular flexibility index (Phi) is 4.89. The maximum Gasteiger partial charge on any atom is 0.277 e. The van der Waals surface area contributed by atoms with Gasteiger partial charge in [-0.05, 0) is 35.7 Å². The zero-order chi connectivity index (χ0) is 17.6. The van der Waals surface area contributed by atoms with Crippen LogP contribution in [0, 0.1) is 5.82 Å². The van der Waals surface area contributed by atoms with Crippen LogP contribution in [-0.2, 0) is 4.79 Å². The van der Waals surface area contributed by atoms with Gasteiger partial charge < -0.3 is 9.84 Å². The number of hydrazone groups is 1. The van der Waals surface area contributed by atoms with Crippen molar-refractivity contribution in [3.05, 3.63) is 72.0 Å². The van der Waals surface area contributed by atoms with E-state index in [1.165, 1.54) is 30.5 Å². The number of amides is 1. The van der Waals surface area contributed by atoms with Crippen LogP contribution in [0.1, 0.15) is 5.56 Å². The molecule has 25 heavy (non-hydrogen) atoms. The smallest absolute Gasteiger partial charge is 0.277 e. The molecule has 0 bridgehead atoms. The van der Waals surface area contributed by atoms with E-state index in [4.69, 9.17) is 4.74 Å². The number of carbonyl (C=O) groups excluding carboxylic acids is 1. The molecule has 0 aliphatic heterocycles. The highest BCUT2D eigenvalue weighted by Gasteiger charge is 2.05. The number of fused-ring (bicyclic) bond motifs is 1. The molecule has 2 N–H and O–H groups in total. The highest BCUT2D eigenvalue weighted by Crippen LogP contribution is 2.27. The summed E-state index contributed by atoms with van der Waals surface area (Å²) in [5.74, 6) is -0.371. The van der Waals surface area contributed by atoms with Crippen molar-refractivity contribution in [3.63, 3.8) is 0 Å². The SMILES string of the molecule is O=C(COc1ccc(F)cc1)N/N=C\c1ccc2ccccc2c1O. The van der Waals surface area contributed by atoms with E-state index < -0.39 is 5.91 Å². The van der Waals surface area contributed by atoms with Crippen molar-refractivity contribution in [3.8, 4) is 11.5 Å². The summed E-state index contributed by atoms with van der Waals surface area (Å²) in [4.78, 5) is 11.7. The first-order valence-corrected chi connectivity index (χ1v) is 7.54. The zero-order valence-electron chi connectivity index (χ0n) is 13.1. The maximum atomic E-state index is 12.8. The average Bonchev–Trinajstić information content (AvgIpc) is 2.63. The number of hydrogen-bond donors (Lipinski definition) is 2. The second kappa shape index (κ2) is 7.44. The maximum absolute atomic E-state index is 12.8. The van der Waals surface area contributed by atoms with Crippen molar-refractivity contribution in [1.82, 2.24) is 5.43 Å². The summed E-state index contributed by atoms with van der Waals surface area (Å²) in [6.07, 6.45) is 1.36. The lowest BCUT2D eigenvalue weighted by Gasteiger charge is -2.05. The van der Waals surface area contributed by atoms with Crippen LogP contribution < -0.4 is 10.2 Å². The Bertz CT molecular complexity index is 924. The van der Waals surface area contributed by atoms with E-state index in [2.05, 4.69) is 10.5 Å². The van der Waals surface area contributed by atoms with Crippen molar-refractivity contribution in [1.29, 1.82) is 0 Å². The van der Waals surface area contributed by atoms with Gasteiger partial charge >= 0.3 is 0 Å². The second-order valence-corrected chi connectivity index (χ2v) is 5.26. The van der Waals surface area contributed by atoms with Crippen LogP contribution in [0.25, 0.3) is 10.8 Å². The minimum atomic E-state index is -0.471. The predicted molar refractivity (Wildman–Crippen MR) is 93.2 cm³/mol. The Morgan fingerprint density at radius 1 is 1.12 bits per heavy atom. The Hall–Kier alpha value is -3.41. The number of ether oxygens (including phenoxy) is 1. The van der Waals surface area contributed by atoms with Gasteiger partial charge in [-0.15, -0.1) is 0 Å². The van der Waals surface area contributed by atoms with Crippen LogP contribution in [0.4, 0.5) is 4.39 Å². The van der Waals surface area contributed by atoms with Gasteiger partial charge in [0.25, 0.3) is 5.91 Å². The third-order valence-corrected chi connectivity index (χ3v) is 3.51. The van der Waals surface area contributed by atoms with E-state index in [9.17, 15) is 14.3 Å². The molecule has 3 aromatic rings. The van der Waals surface area contributed by atoms with Crippen LogP contribution in [0.2, 0.25) is 0 Å². The molecular weight excluding hydrogens is 323 g/mol. The third-order valence-electron chi connectivity index (χ3n) is 3.51. The number of hydrogen-bond acceptors (Lipinski definition) is 4. The van der Waals surface area contributed by atoms with Gasteiger partial charge in [0.1, 0.15) is 17.3 Å². The summed E-state index contributed by atoms with van der Waals surface area (Å²) in [5.41, 5.74) is 2.79. The fourth-order valence-corrected chi connectivity index (χ4v) is 2.26. The van der Waals surface area contributed by atoms with Crippen LogP contribution in [0.3, 0.4) is 0 Å². The molecule has 0 aromatic heterocycles. The van der Waals surface area contributed by atoms with E-state index in [0.717, 1.165) is 5.39 Å². The largest absolute Gasteiger partial charge is 0.507 e. The first-order valence-electron chi connectivity index (χ1n) is 7.54. The molecule has 0 aliphatic rings. The van der Waals surface area contributed by atoms with Gasteiger partial charge in [-0.3, -0.25) is 4.79 Å². The van der Waals surface area contributed by atoms with Crippen molar-refractivity contribution >= 4 is 22.9 Å². The first-order chi connectivity index (χ1) is 12.1. The van der Waals surface area contributed by atoms with Crippen LogP contribution in [-0.4, -0.2) is 23.8 Å². The molecule has 3 aromatic carbocycles. The highest BCUT2D eigenvalue weighted by atomic mass is 19.1. The van der Waals surface area contributed by atoms with E-state index >= 15 is 0 Å². The zero-order valence-corrected chi connectivity index (χ0v) is 13.1. The molecule has 5 nitrogen and oxygen atoms in total. The molecule has 0 saturated carbocycles. The number of nitrogens with zero attached hydrogens (tertiary/aromatic N) is 1. The van der Waals surface area contributed by atoms with Crippen LogP contribution in [0.15, 0.2) is 65.8 Å². The highest BCUT2D eigenvalue weighted by molar-refractivity contribution is 5.97. The minimum Gasteiger partial charge on any atom is -0.507 e. The molecule has 0 atom stereocenters.